The number of benzene rings is 1. The third-order valence-corrected chi connectivity index (χ3v) is 2.18. The van der Waals surface area contributed by atoms with Crippen LogP contribution in [0.5, 0.6) is 0 Å². The summed E-state index contributed by atoms with van der Waals surface area (Å²) in [5.74, 6) is -2.70. The molecule has 0 saturated heterocycles. The Morgan fingerprint density at radius 3 is 2.38 bits per heavy atom. The number of carboxylic acid groups (broad SMARTS) is 1. The van der Waals surface area contributed by atoms with Gasteiger partial charge < -0.3 is 5.11 Å². The van der Waals surface area contributed by atoms with Gasteiger partial charge in [0.15, 0.2) is 0 Å². The van der Waals surface area contributed by atoms with Crippen molar-refractivity contribution >= 4 is 17.6 Å². The van der Waals surface area contributed by atoms with Gasteiger partial charge in [0.25, 0.3) is 0 Å². The summed E-state index contributed by atoms with van der Waals surface area (Å²) in [6, 6.07) is 1.32. The van der Waals surface area contributed by atoms with Crippen molar-refractivity contribution in [2.24, 2.45) is 0 Å². The van der Waals surface area contributed by atoms with Gasteiger partial charge in [0.2, 0.25) is 0 Å². The van der Waals surface area contributed by atoms with Crippen molar-refractivity contribution in [3.8, 4) is 0 Å². The molecule has 0 saturated carbocycles. The average Bonchev–Trinajstić information content (AvgIpc) is 2.10. The molecule has 0 radical (unpaired) electrons. The lowest BCUT2D eigenvalue weighted by molar-refractivity contribution is -0.137. The van der Waals surface area contributed by atoms with Crippen molar-refractivity contribution < 1.29 is 27.5 Å². The summed E-state index contributed by atoms with van der Waals surface area (Å²) in [4.78, 5) is 10.3. The monoisotopic (exact) mass is 256 g/mol. The lowest BCUT2D eigenvalue weighted by Gasteiger charge is -2.11. The Morgan fingerprint density at radius 2 is 1.94 bits per heavy atom. The molecule has 0 amide bonds. The maximum absolute atomic E-state index is 13.3. The molecular formula is C9H5ClF4O2. The first kappa shape index (κ1) is 12.8. The van der Waals surface area contributed by atoms with Crippen LogP contribution in [0.3, 0.4) is 0 Å². The van der Waals surface area contributed by atoms with Gasteiger partial charge in [0, 0.05) is 5.56 Å². The number of aliphatic carboxylic acids is 1. The van der Waals surface area contributed by atoms with E-state index in [1.54, 1.807) is 0 Å². The summed E-state index contributed by atoms with van der Waals surface area (Å²) >= 11 is 5.18. The first-order valence-electron chi connectivity index (χ1n) is 3.99. The van der Waals surface area contributed by atoms with Gasteiger partial charge in [0.1, 0.15) is 5.82 Å². The lowest BCUT2D eigenvalue weighted by atomic mass is 10.1. The van der Waals surface area contributed by atoms with Crippen LogP contribution in [0.4, 0.5) is 17.6 Å². The molecular weight excluding hydrogens is 252 g/mol. The Morgan fingerprint density at radius 1 is 1.38 bits per heavy atom. The predicted octanol–water partition coefficient (Wildman–Crippen LogP) is 3.13. The molecule has 0 heterocycles. The van der Waals surface area contributed by atoms with Crippen LogP contribution in [0.15, 0.2) is 12.1 Å². The molecule has 0 unspecified atom stereocenters. The van der Waals surface area contributed by atoms with E-state index in [0.717, 1.165) is 6.07 Å². The second kappa shape index (κ2) is 4.29. The zero-order valence-corrected chi connectivity index (χ0v) is 8.36. The Balaban J connectivity index is 3.24. The number of carbonyl (C=O) groups is 1. The largest absolute Gasteiger partial charge is 0.481 e. The van der Waals surface area contributed by atoms with Crippen molar-refractivity contribution in [2.45, 2.75) is 12.6 Å². The van der Waals surface area contributed by atoms with E-state index >= 15 is 0 Å². The molecule has 1 aromatic carbocycles. The topological polar surface area (TPSA) is 37.3 Å². The Labute approximate surface area is 92.4 Å². The fraction of sp³-hybridized carbons (Fsp3) is 0.222. The number of halogens is 5. The first-order chi connectivity index (χ1) is 7.23. The van der Waals surface area contributed by atoms with Crippen molar-refractivity contribution in [2.75, 3.05) is 0 Å². The Kier molecular flexibility index (Phi) is 3.42. The molecule has 2 nitrogen and oxygen atoms in total. The Bertz CT molecular complexity index is 428. The van der Waals surface area contributed by atoms with Crippen molar-refractivity contribution in [1.29, 1.82) is 0 Å². The van der Waals surface area contributed by atoms with E-state index in [1.807, 2.05) is 0 Å². The van der Waals surface area contributed by atoms with E-state index in [2.05, 4.69) is 0 Å². The van der Waals surface area contributed by atoms with E-state index in [0.29, 0.717) is 6.07 Å². The van der Waals surface area contributed by atoms with Crippen LogP contribution >= 0.6 is 11.6 Å². The zero-order valence-electron chi connectivity index (χ0n) is 7.61. The van der Waals surface area contributed by atoms with Crippen LogP contribution in [0.25, 0.3) is 0 Å². The quantitative estimate of drug-likeness (QED) is 0.826. The van der Waals surface area contributed by atoms with Crippen LogP contribution in [0.2, 0.25) is 5.02 Å². The van der Waals surface area contributed by atoms with E-state index < -0.39 is 35.0 Å². The highest BCUT2D eigenvalue weighted by atomic mass is 35.5. The summed E-state index contributed by atoms with van der Waals surface area (Å²) in [5.41, 5.74) is -1.70. The third kappa shape index (κ3) is 2.63. The summed E-state index contributed by atoms with van der Waals surface area (Å²) in [6.45, 7) is 0. The minimum Gasteiger partial charge on any atom is -0.481 e. The van der Waals surface area contributed by atoms with E-state index in [1.165, 1.54) is 0 Å². The molecule has 0 atom stereocenters. The zero-order chi connectivity index (χ0) is 12.5. The van der Waals surface area contributed by atoms with Gasteiger partial charge in [-0.1, -0.05) is 17.7 Å². The molecule has 1 aromatic rings. The summed E-state index contributed by atoms with van der Waals surface area (Å²) in [5, 5.41) is 7.27. The van der Waals surface area contributed by atoms with Crippen LogP contribution < -0.4 is 0 Å². The number of rotatable bonds is 2. The standard InChI is InChI=1S/C9H5ClF4O2/c10-7-5(9(12,13)14)2-1-4(8(7)11)3-6(15)16/h1-2H,3H2,(H,15,16). The average molecular weight is 257 g/mol. The molecule has 0 fully saturated rings. The highest BCUT2D eigenvalue weighted by Gasteiger charge is 2.34. The maximum Gasteiger partial charge on any atom is 0.417 e. The fourth-order valence-electron chi connectivity index (χ4n) is 1.11. The second-order valence-electron chi connectivity index (χ2n) is 2.97. The first-order valence-corrected chi connectivity index (χ1v) is 4.37. The highest BCUT2D eigenvalue weighted by molar-refractivity contribution is 6.31. The van der Waals surface area contributed by atoms with Crippen LogP contribution in [0, 0.1) is 5.82 Å². The molecule has 1 N–H and O–H groups in total. The van der Waals surface area contributed by atoms with Crippen LogP contribution in [0.1, 0.15) is 11.1 Å². The molecule has 16 heavy (non-hydrogen) atoms. The lowest BCUT2D eigenvalue weighted by Crippen LogP contribution is -2.09. The van der Waals surface area contributed by atoms with Crippen LogP contribution in [-0.2, 0) is 17.4 Å². The fourth-order valence-corrected chi connectivity index (χ4v) is 1.40. The van der Waals surface area contributed by atoms with E-state index in [4.69, 9.17) is 16.7 Å². The van der Waals surface area contributed by atoms with Gasteiger partial charge in [-0.2, -0.15) is 13.2 Å². The van der Waals surface area contributed by atoms with Gasteiger partial charge in [-0.25, -0.2) is 4.39 Å². The minimum atomic E-state index is -4.76. The SMILES string of the molecule is O=C(O)Cc1ccc(C(F)(F)F)c(Cl)c1F. The molecule has 0 aromatic heterocycles. The molecule has 1 rings (SSSR count). The van der Waals surface area contributed by atoms with Gasteiger partial charge in [0.05, 0.1) is 17.0 Å². The van der Waals surface area contributed by atoms with Gasteiger partial charge in [-0.3, -0.25) is 4.79 Å². The van der Waals surface area contributed by atoms with Gasteiger partial charge in [-0.15, -0.1) is 0 Å². The van der Waals surface area contributed by atoms with Crippen molar-refractivity contribution in [3.05, 3.63) is 34.1 Å². The number of hydrogen-bond donors (Lipinski definition) is 1. The number of alkyl halides is 3. The smallest absolute Gasteiger partial charge is 0.417 e. The van der Waals surface area contributed by atoms with Crippen molar-refractivity contribution in [3.63, 3.8) is 0 Å². The van der Waals surface area contributed by atoms with Crippen molar-refractivity contribution in [1.82, 2.24) is 0 Å². The molecule has 0 aliphatic carbocycles. The normalized spacial score (nSPS) is 11.6. The number of carboxylic acids is 1. The molecule has 88 valence electrons. The molecule has 0 aliphatic rings. The summed E-state index contributed by atoms with van der Waals surface area (Å²) < 4.78 is 50.0. The maximum atomic E-state index is 13.3. The van der Waals surface area contributed by atoms with E-state index in [-0.39, 0.29) is 5.56 Å². The third-order valence-electron chi connectivity index (χ3n) is 1.81. The van der Waals surface area contributed by atoms with E-state index in [9.17, 15) is 22.4 Å². The summed E-state index contributed by atoms with van der Waals surface area (Å²) in [6.07, 6.45) is -5.48. The number of hydrogen-bond acceptors (Lipinski definition) is 1. The predicted molar refractivity (Wildman–Crippen MR) is 47.8 cm³/mol. The van der Waals surface area contributed by atoms with Gasteiger partial charge in [-0.05, 0) is 6.07 Å². The molecule has 0 bridgehead atoms. The summed E-state index contributed by atoms with van der Waals surface area (Å²) in [7, 11) is 0. The minimum absolute atomic E-state index is 0.384. The second-order valence-corrected chi connectivity index (χ2v) is 3.35. The molecule has 0 spiro atoms. The Hall–Kier alpha value is -1.30. The molecule has 0 aliphatic heterocycles. The highest BCUT2D eigenvalue weighted by Crippen LogP contribution is 2.36. The van der Waals surface area contributed by atoms with Crippen LogP contribution in [-0.4, -0.2) is 11.1 Å². The molecule has 7 heteroatoms. The van der Waals surface area contributed by atoms with Gasteiger partial charge >= 0.3 is 12.1 Å².